The molecule has 1 spiro atoms. The molecule has 0 aromatic carbocycles. The van der Waals surface area contributed by atoms with Gasteiger partial charge in [-0.2, -0.15) is 0 Å². The van der Waals surface area contributed by atoms with E-state index in [-0.39, 0.29) is 35.3 Å². The van der Waals surface area contributed by atoms with Gasteiger partial charge in [-0.05, 0) is 67.1 Å². The normalized spacial score (nSPS) is 40.9. The average molecular weight is 379 g/mol. The first-order valence-corrected chi connectivity index (χ1v) is 10.2. The molecule has 5 heteroatoms. The summed E-state index contributed by atoms with van der Waals surface area (Å²) in [5, 5.41) is 9.85. The summed E-state index contributed by atoms with van der Waals surface area (Å²) >= 11 is 0. The Hall–Kier alpha value is -1.36. The molecule has 2 saturated carbocycles. The fourth-order valence-electron chi connectivity index (χ4n) is 6.82. The molecule has 2 fully saturated rings. The summed E-state index contributed by atoms with van der Waals surface area (Å²) in [7, 11) is 2.91. The Bertz CT molecular complexity index is 628. The van der Waals surface area contributed by atoms with Gasteiger partial charge in [0.25, 0.3) is 0 Å². The minimum atomic E-state index is -0.468. The van der Waals surface area contributed by atoms with Crippen LogP contribution in [-0.4, -0.2) is 37.9 Å². The molecule has 3 rings (SSSR count). The molecule has 0 amide bonds. The maximum atomic E-state index is 12.5. The van der Waals surface area contributed by atoms with Crippen LogP contribution in [0, 0.1) is 34.0 Å². The van der Waals surface area contributed by atoms with E-state index in [1.54, 1.807) is 0 Å². The standard InChI is InChI=1S/C22H34O5/c1-15(13-23)16-5-9-21-11-12-22(14-21,19(25)27-4)10-6-17(21)20(16,2)8-7-18(24)26-3/h11-12,15-17,23H,5-10,13-14H2,1-4H3. The fourth-order valence-corrected chi connectivity index (χ4v) is 6.82. The van der Waals surface area contributed by atoms with Gasteiger partial charge in [0, 0.05) is 13.0 Å². The van der Waals surface area contributed by atoms with E-state index in [4.69, 9.17) is 9.47 Å². The van der Waals surface area contributed by atoms with Crippen molar-refractivity contribution in [2.45, 2.75) is 58.8 Å². The number of rotatable bonds is 6. The SMILES string of the molecule is COC(=O)CCC1(C)C(C(C)CO)CCC23C=CC(C(=O)OC)(CCC21)C3. The van der Waals surface area contributed by atoms with Crippen molar-refractivity contribution in [2.24, 2.45) is 34.0 Å². The maximum absolute atomic E-state index is 12.5. The summed E-state index contributed by atoms with van der Waals surface area (Å²) in [6.07, 6.45) is 10.2. The number of ether oxygens (including phenoxy) is 2. The van der Waals surface area contributed by atoms with Crippen LogP contribution in [0.3, 0.4) is 0 Å². The van der Waals surface area contributed by atoms with Crippen LogP contribution in [0.5, 0.6) is 0 Å². The van der Waals surface area contributed by atoms with Gasteiger partial charge in [0.05, 0.1) is 19.6 Å². The molecule has 0 aromatic heterocycles. The lowest BCUT2D eigenvalue weighted by Gasteiger charge is -2.60. The zero-order valence-electron chi connectivity index (χ0n) is 17.1. The summed E-state index contributed by atoms with van der Waals surface area (Å²) in [6.45, 7) is 4.58. The van der Waals surface area contributed by atoms with Gasteiger partial charge in [0.15, 0.2) is 0 Å². The lowest BCUT2D eigenvalue weighted by molar-refractivity contribution is -0.160. The number of methoxy groups -OCH3 is 2. The molecule has 3 aliphatic carbocycles. The van der Waals surface area contributed by atoms with E-state index in [1.807, 2.05) is 0 Å². The van der Waals surface area contributed by atoms with Crippen molar-refractivity contribution in [3.05, 3.63) is 12.2 Å². The molecule has 152 valence electrons. The van der Waals surface area contributed by atoms with E-state index in [1.165, 1.54) is 14.2 Å². The molecule has 27 heavy (non-hydrogen) atoms. The van der Waals surface area contributed by atoms with E-state index in [2.05, 4.69) is 26.0 Å². The number of allylic oxidation sites excluding steroid dienone is 1. The predicted molar refractivity (Wildman–Crippen MR) is 102 cm³/mol. The first kappa shape index (κ1) is 20.4. The Labute approximate surface area is 162 Å². The number of hydrogen-bond acceptors (Lipinski definition) is 5. The number of aliphatic hydroxyl groups is 1. The van der Waals surface area contributed by atoms with E-state index in [0.717, 1.165) is 38.5 Å². The Morgan fingerprint density at radius 2 is 1.93 bits per heavy atom. The molecule has 6 atom stereocenters. The number of carbonyl (C=O) groups excluding carboxylic acids is 2. The molecule has 0 radical (unpaired) electrons. The topological polar surface area (TPSA) is 72.8 Å². The third-order valence-electron chi connectivity index (χ3n) is 8.18. The molecular formula is C22H34O5. The first-order chi connectivity index (χ1) is 12.8. The van der Waals surface area contributed by atoms with E-state index < -0.39 is 5.41 Å². The van der Waals surface area contributed by atoms with Gasteiger partial charge in [-0.3, -0.25) is 9.59 Å². The van der Waals surface area contributed by atoms with Gasteiger partial charge in [-0.15, -0.1) is 0 Å². The van der Waals surface area contributed by atoms with E-state index in [0.29, 0.717) is 18.3 Å². The van der Waals surface area contributed by atoms with Gasteiger partial charge in [0.1, 0.15) is 0 Å². The van der Waals surface area contributed by atoms with Crippen LogP contribution >= 0.6 is 0 Å². The number of fused-ring (bicyclic) bond motifs is 1. The molecule has 2 bridgehead atoms. The quantitative estimate of drug-likeness (QED) is 0.566. The summed E-state index contributed by atoms with van der Waals surface area (Å²) < 4.78 is 10.0. The second-order valence-corrected chi connectivity index (χ2v) is 9.37. The zero-order valence-corrected chi connectivity index (χ0v) is 17.1. The Morgan fingerprint density at radius 3 is 2.56 bits per heavy atom. The maximum Gasteiger partial charge on any atom is 0.315 e. The highest BCUT2D eigenvalue weighted by atomic mass is 16.5. The van der Waals surface area contributed by atoms with Crippen molar-refractivity contribution in [3.63, 3.8) is 0 Å². The van der Waals surface area contributed by atoms with Crippen LogP contribution in [0.4, 0.5) is 0 Å². The van der Waals surface area contributed by atoms with Crippen molar-refractivity contribution in [2.75, 3.05) is 20.8 Å². The molecule has 0 heterocycles. The van der Waals surface area contributed by atoms with Gasteiger partial charge in [0.2, 0.25) is 0 Å². The minimum absolute atomic E-state index is 0.00296. The number of carbonyl (C=O) groups is 2. The van der Waals surface area contributed by atoms with Crippen molar-refractivity contribution in [3.8, 4) is 0 Å². The van der Waals surface area contributed by atoms with Crippen LogP contribution in [0.1, 0.15) is 58.8 Å². The van der Waals surface area contributed by atoms with Crippen molar-refractivity contribution in [1.29, 1.82) is 0 Å². The summed E-state index contributed by atoms with van der Waals surface area (Å²) in [5.41, 5.74) is -0.529. The van der Waals surface area contributed by atoms with Crippen LogP contribution in [0.2, 0.25) is 0 Å². The smallest absolute Gasteiger partial charge is 0.315 e. The predicted octanol–water partition coefficient (Wildman–Crippen LogP) is 3.50. The van der Waals surface area contributed by atoms with Crippen LogP contribution < -0.4 is 0 Å². The zero-order chi connectivity index (χ0) is 19.9. The Morgan fingerprint density at radius 1 is 1.19 bits per heavy atom. The highest BCUT2D eigenvalue weighted by molar-refractivity contribution is 5.80. The van der Waals surface area contributed by atoms with Crippen LogP contribution in [0.15, 0.2) is 12.2 Å². The first-order valence-electron chi connectivity index (χ1n) is 10.2. The molecule has 0 aromatic rings. The van der Waals surface area contributed by atoms with Crippen LogP contribution in [0.25, 0.3) is 0 Å². The van der Waals surface area contributed by atoms with Gasteiger partial charge in [-0.1, -0.05) is 26.0 Å². The number of esters is 2. The highest BCUT2D eigenvalue weighted by Gasteiger charge is 2.63. The highest BCUT2D eigenvalue weighted by Crippen LogP contribution is 2.69. The summed E-state index contributed by atoms with van der Waals surface area (Å²) in [4.78, 5) is 24.4. The summed E-state index contributed by atoms with van der Waals surface area (Å²) in [6, 6.07) is 0. The lowest BCUT2D eigenvalue weighted by atomic mass is 9.44. The van der Waals surface area contributed by atoms with Gasteiger partial charge >= 0.3 is 11.9 Å². The molecule has 0 aliphatic heterocycles. The van der Waals surface area contributed by atoms with Crippen molar-refractivity contribution >= 4 is 11.9 Å². The molecule has 0 saturated heterocycles. The van der Waals surface area contributed by atoms with Crippen molar-refractivity contribution in [1.82, 2.24) is 0 Å². The third kappa shape index (κ3) is 3.12. The Balaban J connectivity index is 1.93. The van der Waals surface area contributed by atoms with Gasteiger partial charge in [-0.25, -0.2) is 0 Å². The largest absolute Gasteiger partial charge is 0.469 e. The number of aliphatic hydroxyl groups excluding tert-OH is 1. The molecule has 6 unspecified atom stereocenters. The monoisotopic (exact) mass is 378 g/mol. The molecule has 5 nitrogen and oxygen atoms in total. The second-order valence-electron chi connectivity index (χ2n) is 9.37. The minimum Gasteiger partial charge on any atom is -0.469 e. The Kier molecular flexibility index (Phi) is 5.46. The van der Waals surface area contributed by atoms with Crippen LogP contribution in [-0.2, 0) is 19.1 Å². The average Bonchev–Trinajstić information content (AvgIpc) is 2.97. The van der Waals surface area contributed by atoms with Crippen molar-refractivity contribution < 1.29 is 24.2 Å². The molecule has 3 aliphatic rings. The number of hydrogen-bond donors (Lipinski definition) is 1. The fraction of sp³-hybridized carbons (Fsp3) is 0.818. The summed E-state index contributed by atoms with van der Waals surface area (Å²) in [5.74, 6) is 0.674. The molecular weight excluding hydrogens is 344 g/mol. The third-order valence-corrected chi connectivity index (χ3v) is 8.18. The van der Waals surface area contributed by atoms with Gasteiger partial charge < -0.3 is 14.6 Å². The second kappa shape index (κ2) is 7.23. The van der Waals surface area contributed by atoms with E-state index >= 15 is 0 Å². The van der Waals surface area contributed by atoms with E-state index in [9.17, 15) is 14.7 Å². The lowest BCUT2D eigenvalue weighted by Crippen LogP contribution is -2.54. The molecule has 1 N–H and O–H groups in total.